The fourth-order valence-electron chi connectivity index (χ4n) is 0.783. The van der Waals surface area contributed by atoms with Gasteiger partial charge in [0.1, 0.15) is 0 Å². The predicted octanol–water partition coefficient (Wildman–Crippen LogP) is 0.767. The predicted molar refractivity (Wildman–Crippen MR) is 34.5 cm³/mol. The molecule has 0 fully saturated rings. The topological polar surface area (TPSA) is 67.3 Å². The summed E-state index contributed by atoms with van der Waals surface area (Å²) in [5.41, 5.74) is -1.16. The van der Waals surface area contributed by atoms with Crippen LogP contribution in [0.25, 0.3) is 11.3 Å². The molecule has 0 aliphatic heterocycles. The Hall–Kier alpha value is -1.73. The first-order valence-corrected chi connectivity index (χ1v) is 3.18. The van der Waals surface area contributed by atoms with Crippen LogP contribution in [0.2, 0.25) is 0 Å². The van der Waals surface area contributed by atoms with Crippen LogP contribution in [0.15, 0.2) is 6.20 Å². The van der Waals surface area contributed by atoms with E-state index in [0.717, 1.165) is 0 Å². The lowest BCUT2D eigenvalue weighted by Crippen LogP contribution is -2.08. The van der Waals surface area contributed by atoms with Crippen molar-refractivity contribution in [3.63, 3.8) is 0 Å². The van der Waals surface area contributed by atoms with Crippen molar-refractivity contribution >= 4 is 11.3 Å². The third-order valence-electron chi connectivity index (χ3n) is 1.34. The van der Waals surface area contributed by atoms with Crippen LogP contribution < -0.4 is 0 Å². The van der Waals surface area contributed by atoms with Gasteiger partial charge in [0.25, 0.3) is 0 Å². The molecule has 2 heterocycles. The highest BCUT2D eigenvalue weighted by molar-refractivity contribution is 5.62. The van der Waals surface area contributed by atoms with Crippen LogP contribution in [-0.4, -0.2) is 25.4 Å². The van der Waals surface area contributed by atoms with Crippen LogP contribution >= 0.6 is 0 Å². The molecule has 0 bridgehead atoms. The maximum absolute atomic E-state index is 12.1. The van der Waals surface area contributed by atoms with Gasteiger partial charge in [-0.15, -0.1) is 10.2 Å². The zero-order valence-corrected chi connectivity index (χ0v) is 6.00. The lowest BCUT2D eigenvalue weighted by atomic mass is 10.4. The standard InChI is InChI=1S/C5H2F3N5/c6-5(7,8)2-1-9-3-4(10-2)12-13-11-3/h1H,(H,9,10,11,12,13). The quantitative estimate of drug-likeness (QED) is 0.664. The molecule has 5 nitrogen and oxygen atoms in total. The van der Waals surface area contributed by atoms with Gasteiger partial charge < -0.3 is 0 Å². The molecule has 0 saturated heterocycles. The smallest absolute Gasteiger partial charge is 0.230 e. The van der Waals surface area contributed by atoms with Crippen LogP contribution in [0.5, 0.6) is 0 Å². The number of alkyl halides is 3. The van der Waals surface area contributed by atoms with Gasteiger partial charge >= 0.3 is 6.18 Å². The lowest BCUT2D eigenvalue weighted by Gasteiger charge is -2.02. The summed E-state index contributed by atoms with van der Waals surface area (Å²) in [6.07, 6.45) is -3.88. The first-order valence-electron chi connectivity index (χ1n) is 3.18. The normalized spacial score (nSPS) is 12.2. The van der Waals surface area contributed by atoms with Gasteiger partial charge in [-0.3, -0.25) is 0 Å². The Balaban J connectivity index is 2.61. The minimum atomic E-state index is -4.50. The molecule has 0 unspecified atom stereocenters. The lowest BCUT2D eigenvalue weighted by molar-refractivity contribution is -0.141. The zero-order valence-electron chi connectivity index (χ0n) is 6.00. The number of rotatable bonds is 0. The van der Waals surface area contributed by atoms with Gasteiger partial charge in [0.05, 0.1) is 6.20 Å². The monoisotopic (exact) mass is 189 g/mol. The molecule has 13 heavy (non-hydrogen) atoms. The van der Waals surface area contributed by atoms with E-state index < -0.39 is 11.9 Å². The SMILES string of the molecule is FC(F)(F)c1cnc2n[nH]nc2n1. The minimum absolute atomic E-state index is 0.0630. The summed E-state index contributed by atoms with van der Waals surface area (Å²) in [5.74, 6) is 0. The number of hydrogen-bond donors (Lipinski definition) is 1. The molecule has 0 aliphatic rings. The van der Waals surface area contributed by atoms with Crippen molar-refractivity contribution < 1.29 is 13.2 Å². The van der Waals surface area contributed by atoms with E-state index in [1.807, 2.05) is 0 Å². The molecule has 2 aromatic heterocycles. The Morgan fingerprint density at radius 1 is 1.15 bits per heavy atom. The van der Waals surface area contributed by atoms with Crippen molar-refractivity contribution in [3.8, 4) is 0 Å². The van der Waals surface area contributed by atoms with Crippen LogP contribution in [-0.2, 0) is 6.18 Å². The number of H-pyrrole nitrogens is 1. The molecule has 2 rings (SSSR count). The van der Waals surface area contributed by atoms with E-state index in [1.54, 1.807) is 0 Å². The Labute approximate surface area is 69.0 Å². The van der Waals surface area contributed by atoms with Gasteiger partial charge in [-0.25, -0.2) is 9.97 Å². The van der Waals surface area contributed by atoms with Crippen molar-refractivity contribution in [3.05, 3.63) is 11.9 Å². The first kappa shape index (κ1) is 7.90. The second-order valence-corrected chi connectivity index (χ2v) is 2.22. The molecule has 2 aromatic rings. The molecule has 0 spiro atoms. The number of aromatic amines is 1. The zero-order chi connectivity index (χ0) is 9.47. The summed E-state index contributed by atoms with van der Waals surface area (Å²) in [6, 6.07) is 0. The van der Waals surface area contributed by atoms with Crippen LogP contribution in [0.1, 0.15) is 5.69 Å². The van der Waals surface area contributed by atoms with E-state index >= 15 is 0 Å². The average molecular weight is 189 g/mol. The van der Waals surface area contributed by atoms with Crippen molar-refractivity contribution in [2.45, 2.75) is 6.18 Å². The van der Waals surface area contributed by atoms with Crippen molar-refractivity contribution in [1.29, 1.82) is 0 Å². The highest BCUT2D eigenvalue weighted by Crippen LogP contribution is 2.27. The number of nitrogens with one attached hydrogen (secondary N) is 1. The van der Waals surface area contributed by atoms with Gasteiger partial charge in [0.2, 0.25) is 11.3 Å². The summed E-state index contributed by atoms with van der Waals surface area (Å²) in [4.78, 5) is 6.63. The van der Waals surface area contributed by atoms with Crippen LogP contribution in [0.4, 0.5) is 13.2 Å². The summed E-state index contributed by atoms with van der Waals surface area (Å²) in [7, 11) is 0. The fourth-order valence-corrected chi connectivity index (χ4v) is 0.783. The van der Waals surface area contributed by atoms with Crippen molar-refractivity contribution in [1.82, 2.24) is 25.4 Å². The number of hydrogen-bond acceptors (Lipinski definition) is 4. The number of aromatic nitrogens is 5. The maximum atomic E-state index is 12.1. The highest BCUT2D eigenvalue weighted by atomic mass is 19.4. The summed E-state index contributed by atoms with van der Waals surface area (Å²) < 4.78 is 36.2. The van der Waals surface area contributed by atoms with E-state index in [1.165, 1.54) is 0 Å². The van der Waals surface area contributed by atoms with Crippen molar-refractivity contribution in [2.24, 2.45) is 0 Å². The number of nitrogens with zero attached hydrogens (tertiary/aromatic N) is 4. The van der Waals surface area contributed by atoms with Crippen molar-refractivity contribution in [2.75, 3.05) is 0 Å². The van der Waals surface area contributed by atoms with Gasteiger partial charge in [-0.1, -0.05) is 0 Å². The van der Waals surface area contributed by atoms with Crippen LogP contribution in [0, 0.1) is 0 Å². The summed E-state index contributed by atoms with van der Waals surface area (Å²) in [6.45, 7) is 0. The maximum Gasteiger partial charge on any atom is 0.434 e. The molecule has 8 heteroatoms. The third-order valence-corrected chi connectivity index (χ3v) is 1.34. The Morgan fingerprint density at radius 3 is 2.54 bits per heavy atom. The van der Waals surface area contributed by atoms with E-state index in [4.69, 9.17) is 0 Å². The Kier molecular flexibility index (Phi) is 1.44. The minimum Gasteiger partial charge on any atom is -0.230 e. The van der Waals surface area contributed by atoms with Crippen LogP contribution in [0.3, 0.4) is 0 Å². The van der Waals surface area contributed by atoms with Gasteiger partial charge in [-0.2, -0.15) is 18.4 Å². The molecule has 1 N–H and O–H groups in total. The molecule has 0 aliphatic carbocycles. The molecule has 0 aromatic carbocycles. The summed E-state index contributed by atoms with van der Waals surface area (Å²) in [5, 5.41) is 8.97. The molecule has 0 saturated carbocycles. The average Bonchev–Trinajstić information content (AvgIpc) is 2.47. The van der Waals surface area contributed by atoms with E-state index in [-0.39, 0.29) is 11.3 Å². The summed E-state index contributed by atoms with van der Waals surface area (Å²) >= 11 is 0. The molecule has 68 valence electrons. The fraction of sp³-hybridized carbons (Fsp3) is 0.200. The van der Waals surface area contributed by atoms with Gasteiger partial charge in [0, 0.05) is 0 Å². The molecular weight excluding hydrogens is 187 g/mol. The molecule has 0 radical (unpaired) electrons. The highest BCUT2D eigenvalue weighted by Gasteiger charge is 2.33. The first-order chi connectivity index (χ1) is 6.07. The van der Waals surface area contributed by atoms with E-state index in [9.17, 15) is 13.2 Å². The second-order valence-electron chi connectivity index (χ2n) is 2.22. The Morgan fingerprint density at radius 2 is 1.85 bits per heavy atom. The molecule has 0 amide bonds. The Bertz CT molecular complexity index is 433. The second kappa shape index (κ2) is 2.38. The largest absolute Gasteiger partial charge is 0.434 e. The molecule has 0 atom stereocenters. The molecular formula is C5H2F3N5. The third kappa shape index (κ3) is 1.30. The van der Waals surface area contributed by atoms with E-state index in [0.29, 0.717) is 6.20 Å². The van der Waals surface area contributed by atoms with Gasteiger partial charge in [0.15, 0.2) is 5.69 Å². The van der Waals surface area contributed by atoms with Gasteiger partial charge in [-0.05, 0) is 0 Å². The number of fused-ring (bicyclic) bond motifs is 1. The number of halogens is 3. The van der Waals surface area contributed by atoms with E-state index in [2.05, 4.69) is 25.4 Å².